The lowest BCUT2D eigenvalue weighted by Crippen LogP contribution is -2.67. The molecule has 4 heterocycles. The van der Waals surface area contributed by atoms with Gasteiger partial charge in [-0.25, -0.2) is 9.37 Å². The lowest BCUT2D eigenvalue weighted by Gasteiger charge is -2.50. The molecule has 3 aliphatic rings. The number of nitrogens with zero attached hydrogens (tertiary/aromatic N) is 2. The number of ether oxygens (including phenoxy) is 3. The first-order valence-electron chi connectivity index (χ1n) is 10.5. The van der Waals surface area contributed by atoms with Crippen molar-refractivity contribution in [3.8, 4) is 11.6 Å². The second-order valence-corrected chi connectivity index (χ2v) is 8.32. The fraction of sp³-hybridized carbons (Fsp3) is 0.478. The molecule has 7 heteroatoms. The SMILES string of the molecule is O=C(Cc1ccc2c(c1)CCCO2)N1CC2(C1)OCC[C@H]2COc1ncccc1F. The number of hydrogen-bond acceptors (Lipinski definition) is 5. The Labute approximate surface area is 174 Å². The van der Waals surface area contributed by atoms with Crippen LogP contribution >= 0.6 is 0 Å². The van der Waals surface area contributed by atoms with E-state index in [2.05, 4.69) is 11.1 Å². The molecule has 158 valence electrons. The molecular formula is C23H25FN2O4. The minimum absolute atomic E-state index is 0.0168. The number of rotatable bonds is 5. The number of aryl methyl sites for hydroxylation is 1. The van der Waals surface area contributed by atoms with Crippen LogP contribution in [0, 0.1) is 11.7 Å². The maximum Gasteiger partial charge on any atom is 0.250 e. The number of benzene rings is 1. The summed E-state index contributed by atoms with van der Waals surface area (Å²) in [5.41, 5.74) is 1.82. The molecule has 30 heavy (non-hydrogen) atoms. The van der Waals surface area contributed by atoms with Crippen molar-refractivity contribution in [2.75, 3.05) is 32.9 Å². The van der Waals surface area contributed by atoms with E-state index in [9.17, 15) is 9.18 Å². The molecule has 2 fully saturated rings. The predicted octanol–water partition coefficient (Wildman–Crippen LogP) is 2.78. The van der Waals surface area contributed by atoms with E-state index in [0.29, 0.717) is 32.7 Å². The van der Waals surface area contributed by atoms with Gasteiger partial charge in [0, 0.05) is 18.7 Å². The summed E-state index contributed by atoms with van der Waals surface area (Å²) in [5, 5.41) is 0. The van der Waals surface area contributed by atoms with Crippen LogP contribution in [0.4, 0.5) is 4.39 Å². The van der Waals surface area contributed by atoms with Crippen LogP contribution in [0.1, 0.15) is 24.0 Å². The van der Waals surface area contributed by atoms with E-state index in [0.717, 1.165) is 37.2 Å². The van der Waals surface area contributed by atoms with Crippen LogP contribution in [0.5, 0.6) is 11.6 Å². The number of likely N-dealkylation sites (tertiary alicyclic amines) is 1. The Bertz CT molecular complexity index is 945. The van der Waals surface area contributed by atoms with Gasteiger partial charge in [0.25, 0.3) is 0 Å². The van der Waals surface area contributed by atoms with Crippen LogP contribution in [0.15, 0.2) is 36.5 Å². The van der Waals surface area contributed by atoms with E-state index >= 15 is 0 Å². The third kappa shape index (κ3) is 3.62. The van der Waals surface area contributed by atoms with Gasteiger partial charge in [0.15, 0.2) is 5.82 Å². The van der Waals surface area contributed by atoms with Crippen molar-refractivity contribution in [3.05, 3.63) is 53.5 Å². The van der Waals surface area contributed by atoms with Gasteiger partial charge in [0.05, 0.1) is 32.7 Å². The van der Waals surface area contributed by atoms with E-state index in [1.165, 1.54) is 23.9 Å². The summed E-state index contributed by atoms with van der Waals surface area (Å²) >= 11 is 0. The minimum atomic E-state index is -0.466. The first kappa shape index (κ1) is 19.3. The van der Waals surface area contributed by atoms with E-state index in [-0.39, 0.29) is 23.3 Å². The van der Waals surface area contributed by atoms with E-state index in [1.807, 2.05) is 17.0 Å². The second-order valence-electron chi connectivity index (χ2n) is 8.32. The smallest absolute Gasteiger partial charge is 0.250 e. The molecule has 1 amide bonds. The van der Waals surface area contributed by atoms with Crippen molar-refractivity contribution >= 4 is 5.91 Å². The normalized spacial score (nSPS) is 21.6. The van der Waals surface area contributed by atoms with Gasteiger partial charge in [-0.2, -0.15) is 0 Å². The first-order chi connectivity index (χ1) is 14.6. The predicted molar refractivity (Wildman–Crippen MR) is 107 cm³/mol. The van der Waals surface area contributed by atoms with Gasteiger partial charge in [0.2, 0.25) is 11.8 Å². The number of amides is 1. The average molecular weight is 412 g/mol. The highest BCUT2D eigenvalue weighted by molar-refractivity contribution is 5.80. The lowest BCUT2D eigenvalue weighted by molar-refractivity contribution is -0.166. The molecule has 0 saturated carbocycles. The fourth-order valence-electron chi connectivity index (χ4n) is 4.61. The monoisotopic (exact) mass is 412 g/mol. The van der Waals surface area contributed by atoms with Crippen molar-refractivity contribution < 1.29 is 23.4 Å². The van der Waals surface area contributed by atoms with Crippen molar-refractivity contribution in [1.29, 1.82) is 0 Å². The Kier molecular flexibility index (Phi) is 5.06. The number of pyridine rings is 1. The highest BCUT2D eigenvalue weighted by atomic mass is 19.1. The molecule has 1 aromatic heterocycles. The number of hydrogen-bond donors (Lipinski definition) is 0. The maximum atomic E-state index is 13.8. The van der Waals surface area contributed by atoms with Gasteiger partial charge in [-0.1, -0.05) is 12.1 Å². The topological polar surface area (TPSA) is 60.9 Å². The summed E-state index contributed by atoms with van der Waals surface area (Å²) < 4.78 is 31.0. The van der Waals surface area contributed by atoms with Crippen molar-refractivity contribution in [2.45, 2.75) is 31.3 Å². The van der Waals surface area contributed by atoms with Gasteiger partial charge in [-0.15, -0.1) is 0 Å². The van der Waals surface area contributed by atoms with Crippen LogP contribution in [0.25, 0.3) is 0 Å². The van der Waals surface area contributed by atoms with E-state index in [1.54, 1.807) is 0 Å². The molecule has 0 N–H and O–H groups in total. The Hall–Kier alpha value is -2.67. The molecule has 1 atom stereocenters. The molecular weight excluding hydrogens is 387 g/mol. The molecule has 0 unspecified atom stereocenters. The number of aromatic nitrogens is 1. The summed E-state index contributed by atoms with van der Waals surface area (Å²) in [6.45, 7) is 2.84. The summed E-state index contributed by atoms with van der Waals surface area (Å²) in [5.74, 6) is 0.702. The summed E-state index contributed by atoms with van der Waals surface area (Å²) in [6.07, 6.45) is 4.74. The number of fused-ring (bicyclic) bond motifs is 1. The molecule has 2 saturated heterocycles. The standard InChI is InChI=1S/C23H25FN2O4/c24-19-4-1-8-25-22(19)29-13-18-7-10-30-23(18)14-26(15-23)21(27)12-16-5-6-20-17(11-16)3-2-9-28-20/h1,4-6,8,11,18H,2-3,7,9-10,12-15H2/t18-/m0/s1. The zero-order chi connectivity index (χ0) is 20.6. The summed E-state index contributed by atoms with van der Waals surface area (Å²) in [4.78, 5) is 18.6. The highest BCUT2D eigenvalue weighted by Gasteiger charge is 2.54. The van der Waals surface area contributed by atoms with Crippen molar-refractivity contribution in [1.82, 2.24) is 9.88 Å². The van der Waals surface area contributed by atoms with Gasteiger partial charge in [0.1, 0.15) is 11.4 Å². The van der Waals surface area contributed by atoms with Gasteiger partial charge < -0.3 is 19.1 Å². The molecule has 6 nitrogen and oxygen atoms in total. The zero-order valence-corrected chi connectivity index (χ0v) is 16.8. The number of carbonyl (C=O) groups excluding carboxylic acids is 1. The molecule has 1 aromatic carbocycles. The van der Waals surface area contributed by atoms with E-state index < -0.39 is 5.82 Å². The van der Waals surface area contributed by atoms with Gasteiger partial charge >= 0.3 is 0 Å². The lowest BCUT2D eigenvalue weighted by atomic mass is 9.81. The number of halogens is 1. The van der Waals surface area contributed by atoms with Gasteiger partial charge in [-0.3, -0.25) is 4.79 Å². The Morgan fingerprint density at radius 3 is 3.07 bits per heavy atom. The Morgan fingerprint density at radius 1 is 1.30 bits per heavy atom. The minimum Gasteiger partial charge on any atom is -0.493 e. The van der Waals surface area contributed by atoms with Crippen LogP contribution < -0.4 is 9.47 Å². The van der Waals surface area contributed by atoms with Crippen molar-refractivity contribution in [3.63, 3.8) is 0 Å². The summed E-state index contributed by atoms with van der Waals surface area (Å²) in [6, 6.07) is 8.90. The third-order valence-electron chi connectivity index (χ3n) is 6.34. The zero-order valence-electron chi connectivity index (χ0n) is 16.8. The maximum absolute atomic E-state index is 13.8. The molecule has 2 aromatic rings. The van der Waals surface area contributed by atoms with Crippen LogP contribution in [0.2, 0.25) is 0 Å². The van der Waals surface area contributed by atoms with Crippen LogP contribution in [0.3, 0.4) is 0 Å². The average Bonchev–Trinajstić information content (AvgIpc) is 3.16. The van der Waals surface area contributed by atoms with Crippen molar-refractivity contribution in [2.24, 2.45) is 5.92 Å². The molecule has 1 spiro atoms. The molecule has 0 radical (unpaired) electrons. The molecule has 5 rings (SSSR count). The third-order valence-corrected chi connectivity index (χ3v) is 6.34. The quantitative estimate of drug-likeness (QED) is 0.756. The van der Waals surface area contributed by atoms with E-state index in [4.69, 9.17) is 14.2 Å². The van der Waals surface area contributed by atoms with Gasteiger partial charge in [-0.05, 0) is 48.6 Å². The molecule has 0 bridgehead atoms. The second kappa shape index (κ2) is 7.87. The van der Waals surface area contributed by atoms with Crippen LogP contribution in [-0.4, -0.2) is 54.3 Å². The highest BCUT2D eigenvalue weighted by Crippen LogP contribution is 2.40. The molecule has 3 aliphatic heterocycles. The molecule has 0 aliphatic carbocycles. The Morgan fingerprint density at radius 2 is 2.20 bits per heavy atom. The summed E-state index contributed by atoms with van der Waals surface area (Å²) in [7, 11) is 0. The fourth-order valence-corrected chi connectivity index (χ4v) is 4.61. The Balaban J connectivity index is 1.17. The number of carbonyl (C=O) groups is 1. The largest absolute Gasteiger partial charge is 0.493 e. The van der Waals surface area contributed by atoms with Crippen LogP contribution in [-0.2, 0) is 22.4 Å². The first-order valence-corrected chi connectivity index (χ1v) is 10.5.